The molecule has 2 aliphatic rings. The average Bonchev–Trinajstić information content (AvgIpc) is 3.21. The number of benzene rings is 3. The van der Waals surface area contributed by atoms with E-state index in [1.807, 2.05) is 79.7 Å². The Balaban J connectivity index is 1.70. The predicted molar refractivity (Wildman–Crippen MR) is 128 cm³/mol. The zero-order chi connectivity index (χ0) is 23.2. The number of hydrogen-bond acceptors (Lipinski definition) is 5. The van der Waals surface area contributed by atoms with E-state index in [1.165, 1.54) is 0 Å². The standard InChI is InChI=1S/C27H28ClNO4/c1-29(2)15-16-32-22-9-6-10-23-25(22)26(31)24(30)17-21(18-7-4-3-5-8-18)27(26,33-23)19-11-13-20(28)14-12-19/h3-14,21,24,30-31H,15-17H2,1-2H3/t21-,24-,26+,27-/m0/s1. The molecule has 1 aliphatic heterocycles. The maximum Gasteiger partial charge on any atom is 0.176 e. The Morgan fingerprint density at radius 2 is 1.76 bits per heavy atom. The van der Waals surface area contributed by atoms with Crippen molar-refractivity contribution in [1.29, 1.82) is 0 Å². The zero-order valence-corrected chi connectivity index (χ0v) is 19.5. The number of halogens is 1. The molecule has 0 spiro atoms. The van der Waals surface area contributed by atoms with Crippen LogP contribution in [0.25, 0.3) is 0 Å². The van der Waals surface area contributed by atoms with Crippen LogP contribution in [0, 0.1) is 0 Å². The average molecular weight is 466 g/mol. The van der Waals surface area contributed by atoms with Gasteiger partial charge in [-0.3, -0.25) is 0 Å². The molecule has 0 saturated heterocycles. The Labute approximate surface area is 199 Å². The van der Waals surface area contributed by atoms with Crippen molar-refractivity contribution >= 4 is 11.6 Å². The van der Waals surface area contributed by atoms with Crippen molar-refractivity contribution < 1.29 is 19.7 Å². The lowest BCUT2D eigenvalue weighted by Gasteiger charge is -2.40. The minimum Gasteiger partial charge on any atom is -0.492 e. The molecule has 6 heteroatoms. The van der Waals surface area contributed by atoms with Crippen molar-refractivity contribution in [3.8, 4) is 11.5 Å². The lowest BCUT2D eigenvalue weighted by Crippen LogP contribution is -2.52. The summed E-state index contributed by atoms with van der Waals surface area (Å²) >= 11 is 6.20. The zero-order valence-electron chi connectivity index (χ0n) is 18.7. The Hall–Kier alpha value is -2.57. The van der Waals surface area contributed by atoms with Gasteiger partial charge in [0.05, 0.1) is 11.7 Å². The second-order valence-electron chi connectivity index (χ2n) is 9.11. The maximum absolute atomic E-state index is 12.4. The molecule has 1 saturated carbocycles. The van der Waals surface area contributed by atoms with E-state index in [4.69, 9.17) is 21.1 Å². The van der Waals surface area contributed by atoms with Crippen molar-refractivity contribution in [1.82, 2.24) is 4.90 Å². The molecule has 0 radical (unpaired) electrons. The molecule has 3 aromatic carbocycles. The molecule has 1 heterocycles. The second-order valence-corrected chi connectivity index (χ2v) is 9.54. The fourth-order valence-electron chi connectivity index (χ4n) is 5.41. The summed E-state index contributed by atoms with van der Waals surface area (Å²) < 4.78 is 12.8. The van der Waals surface area contributed by atoms with Crippen LogP contribution in [-0.2, 0) is 11.2 Å². The summed E-state index contributed by atoms with van der Waals surface area (Å²) in [4.78, 5) is 2.03. The smallest absolute Gasteiger partial charge is 0.176 e. The lowest BCUT2D eigenvalue weighted by molar-refractivity contribution is -0.150. The summed E-state index contributed by atoms with van der Waals surface area (Å²) in [6, 6.07) is 22.8. The van der Waals surface area contributed by atoms with Gasteiger partial charge in [0.25, 0.3) is 0 Å². The molecule has 0 unspecified atom stereocenters. The number of ether oxygens (including phenoxy) is 2. The van der Waals surface area contributed by atoms with Crippen LogP contribution in [0.5, 0.6) is 11.5 Å². The van der Waals surface area contributed by atoms with Gasteiger partial charge in [-0.25, -0.2) is 0 Å². The highest BCUT2D eigenvalue weighted by Gasteiger charge is 2.73. The third-order valence-electron chi connectivity index (χ3n) is 6.91. The molecule has 4 atom stereocenters. The van der Waals surface area contributed by atoms with E-state index in [-0.39, 0.29) is 5.92 Å². The molecule has 0 bridgehead atoms. The van der Waals surface area contributed by atoms with Crippen molar-refractivity contribution in [3.05, 3.63) is 94.5 Å². The van der Waals surface area contributed by atoms with E-state index >= 15 is 0 Å². The summed E-state index contributed by atoms with van der Waals surface area (Å²) in [6.45, 7) is 1.17. The summed E-state index contributed by atoms with van der Waals surface area (Å²) in [5, 5.41) is 24.5. The van der Waals surface area contributed by atoms with Crippen molar-refractivity contribution in [3.63, 3.8) is 0 Å². The van der Waals surface area contributed by atoms with E-state index in [1.54, 1.807) is 12.1 Å². The normalized spacial score (nSPS) is 27.8. The van der Waals surface area contributed by atoms with Crippen LogP contribution in [0.3, 0.4) is 0 Å². The van der Waals surface area contributed by atoms with E-state index in [2.05, 4.69) is 0 Å². The van der Waals surface area contributed by atoms with Crippen LogP contribution >= 0.6 is 11.6 Å². The van der Waals surface area contributed by atoms with E-state index in [0.29, 0.717) is 35.1 Å². The highest BCUT2D eigenvalue weighted by Crippen LogP contribution is 2.68. The first-order valence-corrected chi connectivity index (χ1v) is 11.6. The largest absolute Gasteiger partial charge is 0.492 e. The first-order chi connectivity index (χ1) is 15.9. The quantitative estimate of drug-likeness (QED) is 0.568. The van der Waals surface area contributed by atoms with Crippen molar-refractivity contribution in [2.75, 3.05) is 27.2 Å². The minimum absolute atomic E-state index is 0.290. The number of hydrogen-bond donors (Lipinski definition) is 2. The number of aliphatic hydroxyl groups is 2. The predicted octanol–water partition coefficient (Wildman–Crippen LogP) is 4.30. The SMILES string of the molecule is CN(C)CCOc1cccc2c1[C@]1(O)[C@@H](O)C[C@@H](c3ccccc3)[C@]1(c1ccc(Cl)cc1)O2. The molecule has 33 heavy (non-hydrogen) atoms. The third kappa shape index (κ3) is 3.34. The van der Waals surface area contributed by atoms with Crippen LogP contribution in [0.2, 0.25) is 5.02 Å². The van der Waals surface area contributed by atoms with E-state index in [9.17, 15) is 10.2 Å². The number of nitrogens with zero attached hydrogens (tertiary/aromatic N) is 1. The molecule has 172 valence electrons. The van der Waals surface area contributed by atoms with E-state index in [0.717, 1.165) is 17.7 Å². The highest BCUT2D eigenvalue weighted by atomic mass is 35.5. The maximum atomic E-state index is 12.4. The highest BCUT2D eigenvalue weighted by molar-refractivity contribution is 6.30. The summed E-state index contributed by atoms with van der Waals surface area (Å²) in [7, 11) is 3.96. The Kier molecular flexibility index (Phi) is 5.61. The van der Waals surface area contributed by atoms with Gasteiger partial charge in [-0.2, -0.15) is 0 Å². The molecule has 0 aromatic heterocycles. The van der Waals surface area contributed by atoms with Crippen molar-refractivity contribution in [2.45, 2.75) is 29.6 Å². The molecule has 1 aliphatic carbocycles. The van der Waals surface area contributed by atoms with E-state index < -0.39 is 17.3 Å². The van der Waals surface area contributed by atoms with Gasteiger partial charge in [0.1, 0.15) is 18.1 Å². The van der Waals surface area contributed by atoms with Crippen LogP contribution in [-0.4, -0.2) is 48.5 Å². The van der Waals surface area contributed by atoms with Crippen LogP contribution < -0.4 is 9.47 Å². The fourth-order valence-corrected chi connectivity index (χ4v) is 5.54. The number of likely N-dealkylation sites (N-methyl/N-ethyl adjacent to an activating group) is 1. The Morgan fingerprint density at radius 1 is 1.03 bits per heavy atom. The number of fused-ring (bicyclic) bond motifs is 3. The summed E-state index contributed by atoms with van der Waals surface area (Å²) in [6.07, 6.45) is -0.715. The van der Waals surface area contributed by atoms with Gasteiger partial charge in [0, 0.05) is 17.5 Å². The lowest BCUT2D eigenvalue weighted by atomic mass is 9.71. The first-order valence-electron chi connectivity index (χ1n) is 11.2. The summed E-state index contributed by atoms with van der Waals surface area (Å²) in [5.41, 5.74) is -0.683. The van der Waals surface area contributed by atoms with Crippen LogP contribution in [0.1, 0.15) is 29.0 Å². The van der Waals surface area contributed by atoms with Gasteiger partial charge in [-0.1, -0.05) is 60.1 Å². The van der Waals surface area contributed by atoms with Gasteiger partial charge in [0.15, 0.2) is 11.2 Å². The van der Waals surface area contributed by atoms with Gasteiger partial charge in [-0.15, -0.1) is 0 Å². The van der Waals surface area contributed by atoms with Gasteiger partial charge < -0.3 is 24.6 Å². The molecule has 5 nitrogen and oxygen atoms in total. The van der Waals surface area contributed by atoms with Gasteiger partial charge in [-0.05, 0) is 55.9 Å². The van der Waals surface area contributed by atoms with Gasteiger partial charge in [0.2, 0.25) is 0 Å². The Morgan fingerprint density at radius 3 is 2.45 bits per heavy atom. The monoisotopic (exact) mass is 465 g/mol. The molecule has 0 amide bonds. The first kappa shape index (κ1) is 22.2. The van der Waals surface area contributed by atoms with Crippen LogP contribution in [0.15, 0.2) is 72.8 Å². The minimum atomic E-state index is -1.70. The van der Waals surface area contributed by atoms with Gasteiger partial charge >= 0.3 is 0 Å². The summed E-state index contributed by atoms with van der Waals surface area (Å²) in [5.74, 6) is 0.761. The molecule has 5 rings (SSSR count). The topological polar surface area (TPSA) is 62.2 Å². The fraction of sp³-hybridized carbons (Fsp3) is 0.333. The molecule has 1 fully saturated rings. The van der Waals surface area contributed by atoms with Crippen molar-refractivity contribution in [2.24, 2.45) is 0 Å². The molecular weight excluding hydrogens is 438 g/mol. The Bertz CT molecular complexity index is 1140. The molecular formula is C27H28ClNO4. The van der Waals surface area contributed by atoms with Crippen LogP contribution in [0.4, 0.5) is 0 Å². The molecule has 2 N–H and O–H groups in total. The second kappa shape index (κ2) is 8.33. The number of aliphatic hydroxyl groups excluding tert-OH is 1. The molecule has 3 aromatic rings. The third-order valence-corrected chi connectivity index (χ3v) is 7.16. The number of rotatable bonds is 6.